The first-order valence-electron chi connectivity index (χ1n) is 3.79. The first kappa shape index (κ1) is 10.0. The topological polar surface area (TPSA) is 32.3 Å². The smallest absolute Gasteiger partial charge is 0.245 e. The number of carbonyl (C=O) groups excluding carboxylic acids is 1. The molecular formula is C8H16N2O. The van der Waals surface area contributed by atoms with Crippen molar-refractivity contribution >= 4 is 5.91 Å². The summed E-state index contributed by atoms with van der Waals surface area (Å²) in [5.41, 5.74) is 0. The molecule has 3 heteroatoms. The molecule has 0 spiro atoms. The summed E-state index contributed by atoms with van der Waals surface area (Å²) in [6.45, 7) is 2.77. The van der Waals surface area contributed by atoms with Crippen molar-refractivity contribution in [2.45, 2.75) is 13.3 Å². The molecule has 0 aromatic rings. The van der Waals surface area contributed by atoms with E-state index >= 15 is 0 Å². The second-order valence-corrected chi connectivity index (χ2v) is 2.57. The molecule has 1 N–H and O–H groups in total. The Hall–Kier alpha value is -0.990. The molecule has 1 amide bonds. The molecule has 11 heavy (non-hydrogen) atoms. The van der Waals surface area contributed by atoms with Gasteiger partial charge in [-0.25, -0.2) is 0 Å². The molecule has 0 saturated carbocycles. The molecule has 0 aromatic heterocycles. The van der Waals surface area contributed by atoms with E-state index in [0.717, 1.165) is 13.0 Å². The SMILES string of the molecule is CCCNC(=O)C=CN(C)C. The highest BCUT2D eigenvalue weighted by Gasteiger charge is 1.90. The Balaban J connectivity index is 3.51. The average Bonchev–Trinajstić information content (AvgIpc) is 1.97. The van der Waals surface area contributed by atoms with Gasteiger partial charge in [0.2, 0.25) is 5.91 Å². The zero-order chi connectivity index (χ0) is 8.69. The van der Waals surface area contributed by atoms with E-state index in [-0.39, 0.29) is 5.91 Å². The molecule has 0 unspecified atom stereocenters. The van der Waals surface area contributed by atoms with Crippen LogP contribution in [0.5, 0.6) is 0 Å². The molecular weight excluding hydrogens is 140 g/mol. The van der Waals surface area contributed by atoms with Gasteiger partial charge in [0.1, 0.15) is 0 Å². The molecule has 0 radical (unpaired) electrons. The molecule has 0 aliphatic heterocycles. The maximum absolute atomic E-state index is 10.9. The van der Waals surface area contributed by atoms with Crippen LogP contribution in [0.1, 0.15) is 13.3 Å². The van der Waals surface area contributed by atoms with Crippen LogP contribution in [0.25, 0.3) is 0 Å². The van der Waals surface area contributed by atoms with Gasteiger partial charge >= 0.3 is 0 Å². The van der Waals surface area contributed by atoms with Gasteiger partial charge in [-0.05, 0) is 6.42 Å². The molecule has 0 saturated heterocycles. The van der Waals surface area contributed by atoms with Crippen molar-refractivity contribution < 1.29 is 4.79 Å². The van der Waals surface area contributed by atoms with Gasteiger partial charge in [0.15, 0.2) is 0 Å². The molecule has 0 atom stereocenters. The lowest BCUT2D eigenvalue weighted by Gasteiger charge is -2.03. The monoisotopic (exact) mass is 156 g/mol. The standard InChI is InChI=1S/C8H16N2O/c1-4-6-9-8(11)5-7-10(2)3/h5,7H,4,6H2,1-3H3,(H,9,11). The minimum atomic E-state index is -0.0273. The molecule has 0 aliphatic carbocycles. The Morgan fingerprint density at radius 2 is 2.18 bits per heavy atom. The number of nitrogens with one attached hydrogen (secondary N) is 1. The second kappa shape index (κ2) is 5.77. The first-order chi connectivity index (χ1) is 5.16. The van der Waals surface area contributed by atoms with Crippen LogP contribution in [0, 0.1) is 0 Å². The normalized spacial score (nSPS) is 10.1. The summed E-state index contributed by atoms with van der Waals surface area (Å²) in [5.74, 6) is -0.0273. The van der Waals surface area contributed by atoms with Crippen molar-refractivity contribution in [1.29, 1.82) is 0 Å². The molecule has 0 bridgehead atoms. The zero-order valence-corrected chi connectivity index (χ0v) is 7.42. The van der Waals surface area contributed by atoms with Gasteiger partial charge in [-0.15, -0.1) is 0 Å². The van der Waals surface area contributed by atoms with Crippen LogP contribution in [0.3, 0.4) is 0 Å². The molecule has 3 nitrogen and oxygen atoms in total. The Bertz CT molecular complexity index is 141. The fraction of sp³-hybridized carbons (Fsp3) is 0.625. The van der Waals surface area contributed by atoms with Crippen molar-refractivity contribution in [3.8, 4) is 0 Å². The summed E-state index contributed by atoms with van der Waals surface area (Å²) in [6, 6.07) is 0. The van der Waals surface area contributed by atoms with E-state index in [4.69, 9.17) is 0 Å². The van der Waals surface area contributed by atoms with Crippen LogP contribution in [0.4, 0.5) is 0 Å². The fourth-order valence-electron chi connectivity index (χ4n) is 0.524. The highest BCUT2D eigenvalue weighted by molar-refractivity contribution is 5.87. The first-order valence-corrected chi connectivity index (χ1v) is 3.79. The summed E-state index contributed by atoms with van der Waals surface area (Å²) in [7, 11) is 3.76. The van der Waals surface area contributed by atoms with Gasteiger partial charge in [0.05, 0.1) is 0 Å². The van der Waals surface area contributed by atoms with Crippen molar-refractivity contribution in [2.24, 2.45) is 0 Å². The Labute approximate surface area is 68.1 Å². The highest BCUT2D eigenvalue weighted by atomic mass is 16.1. The lowest BCUT2D eigenvalue weighted by molar-refractivity contribution is -0.116. The van der Waals surface area contributed by atoms with Crippen LogP contribution in [0.15, 0.2) is 12.3 Å². The molecule has 0 aromatic carbocycles. The molecule has 0 aliphatic rings. The van der Waals surface area contributed by atoms with Crippen LogP contribution in [-0.4, -0.2) is 31.4 Å². The van der Waals surface area contributed by atoms with Gasteiger partial charge in [-0.1, -0.05) is 6.92 Å². The predicted octanol–water partition coefficient (Wildman–Crippen LogP) is 0.588. The average molecular weight is 156 g/mol. The summed E-state index contributed by atoms with van der Waals surface area (Å²) < 4.78 is 0. The summed E-state index contributed by atoms with van der Waals surface area (Å²) in [6.07, 6.45) is 4.22. The van der Waals surface area contributed by atoms with Crippen LogP contribution >= 0.6 is 0 Å². The second-order valence-electron chi connectivity index (χ2n) is 2.57. The van der Waals surface area contributed by atoms with Crippen LogP contribution in [0.2, 0.25) is 0 Å². The quantitative estimate of drug-likeness (QED) is 0.604. The van der Waals surface area contributed by atoms with E-state index in [9.17, 15) is 4.79 Å². The third-order valence-electron chi connectivity index (χ3n) is 1.07. The zero-order valence-electron chi connectivity index (χ0n) is 7.42. The minimum absolute atomic E-state index is 0.0273. The number of nitrogens with zero attached hydrogens (tertiary/aromatic N) is 1. The fourth-order valence-corrected chi connectivity index (χ4v) is 0.524. The van der Waals surface area contributed by atoms with E-state index in [1.165, 1.54) is 6.08 Å². The number of hydrogen-bond donors (Lipinski definition) is 1. The van der Waals surface area contributed by atoms with Crippen molar-refractivity contribution in [3.05, 3.63) is 12.3 Å². The van der Waals surface area contributed by atoms with Gasteiger partial charge in [-0.2, -0.15) is 0 Å². The number of carbonyl (C=O) groups is 1. The third kappa shape index (κ3) is 6.90. The minimum Gasteiger partial charge on any atom is -0.383 e. The summed E-state index contributed by atoms with van der Waals surface area (Å²) >= 11 is 0. The molecule has 0 heterocycles. The van der Waals surface area contributed by atoms with Crippen LogP contribution < -0.4 is 5.32 Å². The Kier molecular flexibility index (Phi) is 5.25. The molecule has 64 valence electrons. The molecule has 0 rings (SSSR count). The van der Waals surface area contributed by atoms with Crippen LogP contribution in [-0.2, 0) is 4.79 Å². The largest absolute Gasteiger partial charge is 0.383 e. The third-order valence-corrected chi connectivity index (χ3v) is 1.07. The Morgan fingerprint density at radius 1 is 1.55 bits per heavy atom. The van der Waals surface area contributed by atoms with Crippen molar-refractivity contribution in [2.75, 3.05) is 20.6 Å². The van der Waals surface area contributed by atoms with Gasteiger partial charge < -0.3 is 10.2 Å². The molecule has 0 fully saturated rings. The lowest BCUT2D eigenvalue weighted by Crippen LogP contribution is -2.22. The Morgan fingerprint density at radius 3 is 2.64 bits per heavy atom. The van der Waals surface area contributed by atoms with Gasteiger partial charge in [0, 0.05) is 32.9 Å². The number of hydrogen-bond acceptors (Lipinski definition) is 2. The van der Waals surface area contributed by atoms with Gasteiger partial charge in [-0.3, -0.25) is 4.79 Å². The number of amides is 1. The predicted molar refractivity (Wildman–Crippen MR) is 46.1 cm³/mol. The maximum Gasteiger partial charge on any atom is 0.245 e. The van der Waals surface area contributed by atoms with E-state index in [1.54, 1.807) is 6.20 Å². The van der Waals surface area contributed by atoms with Gasteiger partial charge in [0.25, 0.3) is 0 Å². The van der Waals surface area contributed by atoms with E-state index < -0.39 is 0 Å². The van der Waals surface area contributed by atoms with Crippen molar-refractivity contribution in [1.82, 2.24) is 10.2 Å². The summed E-state index contributed by atoms with van der Waals surface area (Å²) in [5, 5.41) is 2.74. The highest BCUT2D eigenvalue weighted by Crippen LogP contribution is 1.78. The lowest BCUT2D eigenvalue weighted by atomic mass is 10.4. The van der Waals surface area contributed by atoms with E-state index in [2.05, 4.69) is 5.32 Å². The van der Waals surface area contributed by atoms with Crippen molar-refractivity contribution in [3.63, 3.8) is 0 Å². The number of rotatable bonds is 4. The summed E-state index contributed by atoms with van der Waals surface area (Å²) in [4.78, 5) is 12.7. The maximum atomic E-state index is 10.9. The van der Waals surface area contributed by atoms with E-state index in [1.807, 2.05) is 25.9 Å². The van der Waals surface area contributed by atoms with E-state index in [0.29, 0.717) is 0 Å².